The fourth-order valence-corrected chi connectivity index (χ4v) is 2.19. The third-order valence-corrected chi connectivity index (χ3v) is 3.27. The molecule has 94 valence electrons. The minimum absolute atomic E-state index is 0.169. The summed E-state index contributed by atoms with van der Waals surface area (Å²) in [4.78, 5) is 15.0. The van der Waals surface area contributed by atoms with E-state index in [1.54, 1.807) is 6.92 Å². The maximum atomic E-state index is 10.7. The van der Waals surface area contributed by atoms with Crippen LogP contribution in [0.2, 0.25) is 0 Å². The van der Waals surface area contributed by atoms with Crippen molar-refractivity contribution in [1.29, 1.82) is 0 Å². The van der Waals surface area contributed by atoms with Crippen LogP contribution < -0.4 is 0 Å². The zero-order valence-corrected chi connectivity index (χ0v) is 11.3. The van der Waals surface area contributed by atoms with Gasteiger partial charge in [0, 0.05) is 19.6 Å². The van der Waals surface area contributed by atoms with Gasteiger partial charge in [-0.25, -0.2) is 4.98 Å². The van der Waals surface area contributed by atoms with Crippen molar-refractivity contribution in [2.75, 3.05) is 5.75 Å². The Labute approximate surface area is 110 Å². The number of nitrogens with zero attached hydrogens (tertiary/aromatic N) is 1. The molecule has 0 bridgehead atoms. The highest BCUT2D eigenvalue weighted by molar-refractivity contribution is 8.13. The molecule has 0 unspecified atom stereocenters. The van der Waals surface area contributed by atoms with Crippen LogP contribution >= 0.6 is 11.8 Å². The number of carbonyl (C=O) groups excluding carboxylic acids is 1. The first kappa shape index (κ1) is 12.9. The summed E-state index contributed by atoms with van der Waals surface area (Å²) in [5.41, 5.74) is 2.80. The molecule has 0 N–H and O–H groups in total. The molecule has 0 atom stereocenters. The van der Waals surface area contributed by atoms with E-state index in [1.165, 1.54) is 11.8 Å². The highest BCUT2D eigenvalue weighted by Crippen LogP contribution is 2.17. The largest absolute Gasteiger partial charge is 0.441 e. The molecule has 1 heterocycles. The Morgan fingerprint density at radius 1 is 1.50 bits per heavy atom. The smallest absolute Gasteiger partial charge is 0.192 e. The van der Waals surface area contributed by atoms with E-state index in [2.05, 4.69) is 11.1 Å². The number of allylic oxidation sites excluding steroid dienone is 1. The maximum absolute atomic E-state index is 10.7. The average molecular weight is 261 g/mol. The molecule has 0 saturated carbocycles. The summed E-state index contributed by atoms with van der Waals surface area (Å²) in [6.07, 6.45) is 5.01. The molecule has 18 heavy (non-hydrogen) atoms. The van der Waals surface area contributed by atoms with Gasteiger partial charge in [-0.05, 0) is 24.1 Å². The van der Waals surface area contributed by atoms with Crippen molar-refractivity contribution in [3.8, 4) is 0 Å². The molecule has 4 heteroatoms. The van der Waals surface area contributed by atoms with Crippen molar-refractivity contribution >= 4 is 34.1 Å². The van der Waals surface area contributed by atoms with Gasteiger partial charge in [0.05, 0.1) is 0 Å². The maximum Gasteiger partial charge on any atom is 0.192 e. The van der Waals surface area contributed by atoms with Gasteiger partial charge in [0.1, 0.15) is 5.52 Å². The quantitative estimate of drug-likeness (QED) is 0.785. The van der Waals surface area contributed by atoms with Gasteiger partial charge in [-0.2, -0.15) is 0 Å². The lowest BCUT2D eigenvalue weighted by atomic mass is 10.2. The molecule has 1 aromatic carbocycles. The zero-order chi connectivity index (χ0) is 13.0. The third kappa shape index (κ3) is 3.47. The summed E-state index contributed by atoms with van der Waals surface area (Å²) in [6.45, 7) is 3.43. The molecule has 0 radical (unpaired) electrons. The lowest BCUT2D eigenvalue weighted by Crippen LogP contribution is -1.83. The summed E-state index contributed by atoms with van der Waals surface area (Å²) in [5, 5.41) is 0.169. The van der Waals surface area contributed by atoms with E-state index in [0.717, 1.165) is 28.8 Å². The fourth-order valence-electron chi connectivity index (χ4n) is 1.65. The second-order valence-electron chi connectivity index (χ2n) is 3.99. The van der Waals surface area contributed by atoms with Crippen molar-refractivity contribution < 1.29 is 9.21 Å². The van der Waals surface area contributed by atoms with Gasteiger partial charge in [-0.1, -0.05) is 30.0 Å². The van der Waals surface area contributed by atoms with Crippen LogP contribution in [0.1, 0.15) is 24.8 Å². The SMILES string of the molecule is CC(=O)SCCC=Cc1ccc2oc(C)nc2c1. The van der Waals surface area contributed by atoms with Gasteiger partial charge in [-0.15, -0.1) is 0 Å². The van der Waals surface area contributed by atoms with E-state index in [-0.39, 0.29) is 5.12 Å². The number of rotatable bonds is 4. The lowest BCUT2D eigenvalue weighted by Gasteiger charge is -1.94. The first-order chi connectivity index (χ1) is 8.65. The third-order valence-electron chi connectivity index (χ3n) is 2.42. The van der Waals surface area contributed by atoms with Crippen LogP contribution in [-0.2, 0) is 4.79 Å². The molecular weight excluding hydrogens is 246 g/mol. The first-order valence-corrected chi connectivity index (χ1v) is 6.81. The number of fused-ring (bicyclic) bond motifs is 1. The molecule has 3 nitrogen and oxygen atoms in total. The number of thioether (sulfide) groups is 1. The Kier molecular flexibility index (Phi) is 4.20. The monoisotopic (exact) mass is 261 g/mol. The van der Waals surface area contributed by atoms with E-state index in [4.69, 9.17) is 4.42 Å². The summed E-state index contributed by atoms with van der Waals surface area (Å²) < 4.78 is 5.42. The number of carbonyl (C=O) groups is 1. The Morgan fingerprint density at radius 3 is 3.11 bits per heavy atom. The molecule has 0 aliphatic rings. The van der Waals surface area contributed by atoms with E-state index < -0.39 is 0 Å². The second-order valence-corrected chi connectivity index (χ2v) is 5.26. The molecule has 0 saturated heterocycles. The molecule has 2 rings (SSSR count). The molecule has 1 aromatic heterocycles. The number of oxazole rings is 1. The number of hydrogen-bond acceptors (Lipinski definition) is 4. The van der Waals surface area contributed by atoms with E-state index in [9.17, 15) is 4.79 Å². The Balaban J connectivity index is 1.98. The van der Waals surface area contributed by atoms with Gasteiger partial charge in [0.25, 0.3) is 0 Å². The number of aryl methyl sites for hydroxylation is 1. The normalized spacial score (nSPS) is 11.4. The minimum Gasteiger partial charge on any atom is -0.441 e. The molecule has 0 amide bonds. The molecule has 2 aromatic rings. The van der Waals surface area contributed by atoms with Gasteiger partial charge in [0.15, 0.2) is 16.6 Å². The highest BCUT2D eigenvalue weighted by Gasteiger charge is 2.01. The van der Waals surface area contributed by atoms with Crippen LogP contribution in [-0.4, -0.2) is 15.9 Å². The van der Waals surface area contributed by atoms with Crippen LogP contribution in [0.25, 0.3) is 17.2 Å². The lowest BCUT2D eigenvalue weighted by molar-refractivity contribution is -0.109. The zero-order valence-electron chi connectivity index (χ0n) is 10.5. The van der Waals surface area contributed by atoms with Gasteiger partial charge in [0.2, 0.25) is 0 Å². The Bertz CT molecular complexity index is 586. The van der Waals surface area contributed by atoms with Crippen LogP contribution in [0.5, 0.6) is 0 Å². The van der Waals surface area contributed by atoms with Crippen LogP contribution in [0, 0.1) is 6.92 Å². The Morgan fingerprint density at radius 2 is 2.33 bits per heavy atom. The second kappa shape index (κ2) is 5.87. The van der Waals surface area contributed by atoms with Crippen molar-refractivity contribution in [3.05, 3.63) is 35.7 Å². The van der Waals surface area contributed by atoms with Gasteiger partial charge in [-0.3, -0.25) is 4.79 Å². The summed E-state index contributed by atoms with van der Waals surface area (Å²) in [6, 6.07) is 5.93. The fraction of sp³-hybridized carbons (Fsp3) is 0.286. The predicted octanol–water partition coefficient (Wildman–Crippen LogP) is 3.82. The van der Waals surface area contributed by atoms with Crippen molar-refractivity contribution in [3.63, 3.8) is 0 Å². The highest BCUT2D eigenvalue weighted by atomic mass is 32.2. The van der Waals surface area contributed by atoms with E-state index in [0.29, 0.717) is 5.89 Å². The van der Waals surface area contributed by atoms with Crippen LogP contribution in [0.15, 0.2) is 28.7 Å². The number of benzene rings is 1. The number of hydrogen-bond donors (Lipinski definition) is 0. The first-order valence-electron chi connectivity index (χ1n) is 5.82. The molecule has 0 aliphatic heterocycles. The molecule has 0 aliphatic carbocycles. The average Bonchev–Trinajstić information content (AvgIpc) is 2.67. The summed E-state index contributed by atoms with van der Waals surface area (Å²) in [7, 11) is 0. The minimum atomic E-state index is 0.169. The molecular formula is C14H15NO2S. The topological polar surface area (TPSA) is 43.1 Å². The van der Waals surface area contributed by atoms with Crippen molar-refractivity contribution in [1.82, 2.24) is 4.98 Å². The van der Waals surface area contributed by atoms with Crippen LogP contribution in [0.4, 0.5) is 0 Å². The standard InChI is InChI=1S/C14H15NO2S/c1-10-15-13-9-12(6-7-14(13)17-10)5-3-4-8-18-11(2)16/h3,5-7,9H,4,8H2,1-2H3. The van der Waals surface area contributed by atoms with Crippen LogP contribution in [0.3, 0.4) is 0 Å². The van der Waals surface area contributed by atoms with Gasteiger partial charge >= 0.3 is 0 Å². The summed E-state index contributed by atoms with van der Waals surface area (Å²) >= 11 is 1.35. The Hall–Kier alpha value is -1.55. The predicted molar refractivity (Wildman–Crippen MR) is 75.5 cm³/mol. The summed E-state index contributed by atoms with van der Waals surface area (Å²) in [5.74, 6) is 1.51. The van der Waals surface area contributed by atoms with E-state index >= 15 is 0 Å². The molecule has 0 spiro atoms. The van der Waals surface area contributed by atoms with Gasteiger partial charge < -0.3 is 4.42 Å². The van der Waals surface area contributed by atoms with Crippen molar-refractivity contribution in [2.45, 2.75) is 20.3 Å². The van der Waals surface area contributed by atoms with E-state index in [1.807, 2.05) is 31.2 Å². The number of aromatic nitrogens is 1. The molecule has 0 fully saturated rings. The van der Waals surface area contributed by atoms with Crippen molar-refractivity contribution in [2.24, 2.45) is 0 Å².